The van der Waals surface area contributed by atoms with E-state index in [-0.39, 0.29) is 29.7 Å². The molecule has 1 aliphatic heterocycles. The van der Waals surface area contributed by atoms with Gasteiger partial charge < -0.3 is 10.2 Å². The molecule has 0 aliphatic carbocycles. The molecule has 0 spiro atoms. The molecule has 0 radical (unpaired) electrons. The highest BCUT2D eigenvalue weighted by Gasteiger charge is 2.35. The fourth-order valence-corrected chi connectivity index (χ4v) is 3.94. The fourth-order valence-electron chi connectivity index (χ4n) is 2.95. The van der Waals surface area contributed by atoms with Gasteiger partial charge in [0, 0.05) is 31.3 Å². The zero-order valence-corrected chi connectivity index (χ0v) is 15.9. The monoisotopic (exact) mass is 401 g/mol. The highest BCUT2D eigenvalue weighted by molar-refractivity contribution is 7.90. The van der Waals surface area contributed by atoms with Crippen LogP contribution in [-0.4, -0.2) is 32.7 Å². The molecule has 0 aromatic heterocycles. The number of sulfonamides is 1. The van der Waals surface area contributed by atoms with E-state index in [1.807, 2.05) is 35.1 Å². The molecule has 1 aliphatic rings. The Kier molecular flexibility index (Phi) is 5.46. The first-order valence-electron chi connectivity index (χ1n) is 8.56. The molecule has 0 saturated carbocycles. The average Bonchev–Trinajstić information content (AvgIpc) is 3.04. The number of para-hydroxylation sites is 1. The van der Waals surface area contributed by atoms with Crippen LogP contribution in [0.4, 0.5) is 11.4 Å². The van der Waals surface area contributed by atoms with Crippen LogP contribution < -0.4 is 14.9 Å². The normalized spacial score (nSPS) is 16.7. The van der Waals surface area contributed by atoms with Crippen molar-refractivity contribution in [2.24, 2.45) is 5.92 Å². The zero-order chi connectivity index (χ0) is 20.3. The van der Waals surface area contributed by atoms with E-state index in [4.69, 9.17) is 0 Å². The highest BCUT2D eigenvalue weighted by atomic mass is 32.2. The van der Waals surface area contributed by atoms with Crippen LogP contribution >= 0.6 is 0 Å². The van der Waals surface area contributed by atoms with Gasteiger partial charge in [0.2, 0.25) is 17.7 Å². The largest absolute Gasteiger partial charge is 0.326 e. The standard InChI is InChI=1S/C19H19N3O5S/c1-13(23)21-28(26,27)17-9-7-15(8-10-17)20-19(25)14-11-18(24)22(12-14)16-5-3-2-4-6-16/h2-10,14H,11-12H2,1H3,(H,20,25)(H,21,23). The number of amides is 3. The van der Waals surface area contributed by atoms with E-state index in [1.165, 1.54) is 24.3 Å². The number of nitrogens with one attached hydrogen (secondary N) is 2. The Balaban J connectivity index is 1.65. The number of anilines is 2. The molecule has 1 saturated heterocycles. The van der Waals surface area contributed by atoms with Gasteiger partial charge >= 0.3 is 0 Å². The maximum atomic E-state index is 12.5. The van der Waals surface area contributed by atoms with Crippen LogP contribution in [0.5, 0.6) is 0 Å². The van der Waals surface area contributed by atoms with Crippen molar-refractivity contribution in [3.8, 4) is 0 Å². The lowest BCUT2D eigenvalue weighted by Crippen LogP contribution is -2.28. The SMILES string of the molecule is CC(=O)NS(=O)(=O)c1ccc(NC(=O)C2CC(=O)N(c3ccccc3)C2)cc1. The van der Waals surface area contributed by atoms with Gasteiger partial charge in [0.15, 0.2) is 0 Å². The van der Waals surface area contributed by atoms with Crippen molar-refractivity contribution >= 4 is 39.1 Å². The predicted molar refractivity (Wildman–Crippen MR) is 103 cm³/mol. The van der Waals surface area contributed by atoms with Crippen molar-refractivity contribution in [1.82, 2.24) is 4.72 Å². The number of benzene rings is 2. The summed E-state index contributed by atoms with van der Waals surface area (Å²) in [6, 6.07) is 14.6. The Morgan fingerprint density at radius 2 is 1.68 bits per heavy atom. The fraction of sp³-hybridized carbons (Fsp3) is 0.211. The minimum absolute atomic E-state index is 0.0907. The molecular weight excluding hydrogens is 382 g/mol. The molecule has 3 rings (SSSR count). The van der Waals surface area contributed by atoms with Gasteiger partial charge in [-0.25, -0.2) is 13.1 Å². The van der Waals surface area contributed by atoms with Gasteiger partial charge in [0.25, 0.3) is 10.0 Å². The van der Waals surface area contributed by atoms with E-state index >= 15 is 0 Å². The van der Waals surface area contributed by atoms with Crippen molar-refractivity contribution in [3.63, 3.8) is 0 Å². The lowest BCUT2D eigenvalue weighted by atomic mass is 10.1. The van der Waals surface area contributed by atoms with Crippen molar-refractivity contribution < 1.29 is 22.8 Å². The average molecular weight is 401 g/mol. The van der Waals surface area contributed by atoms with Crippen molar-refractivity contribution in [3.05, 3.63) is 54.6 Å². The smallest absolute Gasteiger partial charge is 0.264 e. The number of rotatable bonds is 5. The summed E-state index contributed by atoms with van der Waals surface area (Å²) in [7, 11) is -3.93. The van der Waals surface area contributed by atoms with E-state index in [0.29, 0.717) is 5.69 Å². The van der Waals surface area contributed by atoms with Crippen LogP contribution in [0.15, 0.2) is 59.5 Å². The first-order chi connectivity index (χ1) is 13.3. The van der Waals surface area contributed by atoms with Crippen molar-refractivity contribution in [2.75, 3.05) is 16.8 Å². The topological polar surface area (TPSA) is 113 Å². The summed E-state index contributed by atoms with van der Waals surface area (Å²) in [5.74, 6) is -1.63. The van der Waals surface area contributed by atoms with Gasteiger partial charge in [0.1, 0.15) is 0 Å². The molecule has 1 atom stereocenters. The van der Waals surface area contributed by atoms with E-state index in [0.717, 1.165) is 12.6 Å². The summed E-state index contributed by atoms with van der Waals surface area (Å²) in [6.07, 6.45) is 0.107. The maximum absolute atomic E-state index is 12.5. The van der Waals surface area contributed by atoms with Crippen molar-refractivity contribution in [1.29, 1.82) is 0 Å². The van der Waals surface area contributed by atoms with Crippen LogP contribution in [0, 0.1) is 5.92 Å². The molecule has 1 fully saturated rings. The summed E-state index contributed by atoms with van der Waals surface area (Å²) < 4.78 is 25.7. The van der Waals surface area contributed by atoms with E-state index in [2.05, 4.69) is 5.32 Å². The minimum Gasteiger partial charge on any atom is -0.326 e. The Morgan fingerprint density at radius 1 is 1.04 bits per heavy atom. The number of carbonyl (C=O) groups excluding carboxylic acids is 3. The van der Waals surface area contributed by atoms with Gasteiger partial charge in [-0.1, -0.05) is 18.2 Å². The molecule has 2 aromatic carbocycles. The van der Waals surface area contributed by atoms with E-state index < -0.39 is 21.8 Å². The van der Waals surface area contributed by atoms with Crippen LogP contribution in [-0.2, 0) is 24.4 Å². The molecule has 9 heteroatoms. The van der Waals surface area contributed by atoms with Crippen LogP contribution in [0.2, 0.25) is 0 Å². The zero-order valence-electron chi connectivity index (χ0n) is 15.1. The molecule has 1 heterocycles. The van der Waals surface area contributed by atoms with Gasteiger partial charge in [-0.05, 0) is 36.4 Å². The second-order valence-electron chi connectivity index (χ2n) is 6.42. The Hall–Kier alpha value is -3.20. The summed E-state index contributed by atoms with van der Waals surface area (Å²) in [6.45, 7) is 1.39. The quantitative estimate of drug-likeness (QED) is 0.788. The maximum Gasteiger partial charge on any atom is 0.264 e. The lowest BCUT2D eigenvalue weighted by Gasteiger charge is -2.16. The third-order valence-electron chi connectivity index (χ3n) is 4.27. The van der Waals surface area contributed by atoms with Crippen LogP contribution in [0.3, 0.4) is 0 Å². The molecule has 2 N–H and O–H groups in total. The van der Waals surface area contributed by atoms with Gasteiger partial charge in [-0.2, -0.15) is 0 Å². The molecule has 1 unspecified atom stereocenters. The van der Waals surface area contributed by atoms with Crippen LogP contribution in [0.1, 0.15) is 13.3 Å². The summed E-state index contributed by atoms with van der Waals surface area (Å²) in [5, 5.41) is 2.70. The first kappa shape index (κ1) is 19.6. The molecule has 146 valence electrons. The molecule has 0 bridgehead atoms. The highest BCUT2D eigenvalue weighted by Crippen LogP contribution is 2.26. The van der Waals surface area contributed by atoms with E-state index in [1.54, 1.807) is 4.90 Å². The predicted octanol–water partition coefficient (Wildman–Crippen LogP) is 1.50. The Morgan fingerprint density at radius 3 is 2.29 bits per heavy atom. The number of carbonyl (C=O) groups is 3. The van der Waals surface area contributed by atoms with Gasteiger partial charge in [-0.3, -0.25) is 14.4 Å². The summed E-state index contributed by atoms with van der Waals surface area (Å²) in [4.78, 5) is 37.2. The Labute approximate surface area is 162 Å². The van der Waals surface area contributed by atoms with Gasteiger partial charge in [-0.15, -0.1) is 0 Å². The molecule has 2 aromatic rings. The number of hydrogen-bond acceptors (Lipinski definition) is 5. The minimum atomic E-state index is -3.93. The second kappa shape index (κ2) is 7.81. The molecule has 28 heavy (non-hydrogen) atoms. The Bertz CT molecular complexity index is 1000. The first-order valence-corrected chi connectivity index (χ1v) is 10.0. The van der Waals surface area contributed by atoms with Gasteiger partial charge in [0.05, 0.1) is 10.8 Å². The van der Waals surface area contributed by atoms with Crippen molar-refractivity contribution in [2.45, 2.75) is 18.2 Å². The number of nitrogens with zero attached hydrogens (tertiary/aromatic N) is 1. The summed E-state index contributed by atoms with van der Waals surface area (Å²) in [5.41, 5.74) is 1.15. The third kappa shape index (κ3) is 4.37. The molecule has 8 nitrogen and oxygen atoms in total. The summed E-state index contributed by atoms with van der Waals surface area (Å²) >= 11 is 0. The third-order valence-corrected chi connectivity index (χ3v) is 5.72. The lowest BCUT2D eigenvalue weighted by molar-refractivity contribution is -0.122. The second-order valence-corrected chi connectivity index (χ2v) is 8.10. The van der Waals surface area contributed by atoms with Crippen LogP contribution in [0.25, 0.3) is 0 Å². The van der Waals surface area contributed by atoms with E-state index in [9.17, 15) is 22.8 Å². The number of hydrogen-bond donors (Lipinski definition) is 2. The molecule has 3 amide bonds. The molecular formula is C19H19N3O5S.